The number of carbonyl (C=O) groups is 1. The number of amides is 1. The Morgan fingerprint density at radius 3 is 2.62 bits per heavy atom. The Bertz CT molecular complexity index is 844. The number of hydrogen-bond acceptors (Lipinski definition) is 3. The van der Waals surface area contributed by atoms with E-state index in [-0.39, 0.29) is 5.91 Å². The summed E-state index contributed by atoms with van der Waals surface area (Å²) >= 11 is 0. The van der Waals surface area contributed by atoms with Crippen LogP contribution in [0.1, 0.15) is 18.2 Å². The summed E-state index contributed by atoms with van der Waals surface area (Å²) in [5.74, 6) is -0.133. The first-order valence-electron chi connectivity index (χ1n) is 7.65. The fourth-order valence-corrected chi connectivity index (χ4v) is 2.38. The van der Waals surface area contributed by atoms with Gasteiger partial charge >= 0.3 is 0 Å². The Balaban J connectivity index is 1.63. The van der Waals surface area contributed by atoms with E-state index in [1.54, 1.807) is 12.5 Å². The number of hydrazone groups is 1. The fourth-order valence-electron chi connectivity index (χ4n) is 2.38. The highest BCUT2D eigenvalue weighted by molar-refractivity contribution is 5.99. The number of hydrogen-bond donors (Lipinski definition) is 1. The second kappa shape index (κ2) is 6.95. The summed E-state index contributed by atoms with van der Waals surface area (Å²) in [4.78, 5) is 16.0. The molecule has 3 aromatic rings. The summed E-state index contributed by atoms with van der Waals surface area (Å²) < 4.78 is 3.85. The summed E-state index contributed by atoms with van der Waals surface area (Å²) in [7, 11) is 1.92. The number of aryl methyl sites for hydroxylation is 1. The average Bonchev–Trinajstić information content (AvgIpc) is 3.25. The van der Waals surface area contributed by atoms with Gasteiger partial charge in [0.25, 0.3) is 0 Å². The van der Waals surface area contributed by atoms with Gasteiger partial charge < -0.3 is 9.13 Å². The van der Waals surface area contributed by atoms with Crippen molar-refractivity contribution >= 4 is 11.6 Å². The highest BCUT2D eigenvalue weighted by Gasteiger charge is 2.06. The smallest absolute Gasteiger partial charge is 0.246 e. The zero-order valence-corrected chi connectivity index (χ0v) is 13.7. The third kappa shape index (κ3) is 3.60. The van der Waals surface area contributed by atoms with Crippen LogP contribution in [0.4, 0.5) is 0 Å². The Labute approximate surface area is 140 Å². The number of aromatic nitrogens is 3. The van der Waals surface area contributed by atoms with Crippen molar-refractivity contribution in [2.45, 2.75) is 13.3 Å². The number of imidazole rings is 1. The summed E-state index contributed by atoms with van der Waals surface area (Å²) in [6.45, 7) is 1.87. The minimum Gasteiger partial charge on any atom is -0.354 e. The molecule has 6 heteroatoms. The first kappa shape index (κ1) is 15.7. The Hall–Kier alpha value is -3.15. The molecule has 0 radical (unpaired) electrons. The van der Waals surface area contributed by atoms with E-state index in [0.29, 0.717) is 6.42 Å². The Morgan fingerprint density at radius 2 is 2.00 bits per heavy atom. The normalized spacial score (nSPS) is 11.5. The van der Waals surface area contributed by atoms with Gasteiger partial charge in [0, 0.05) is 37.0 Å². The summed E-state index contributed by atoms with van der Waals surface area (Å²) in [6.07, 6.45) is 7.60. The van der Waals surface area contributed by atoms with Gasteiger partial charge in [0.2, 0.25) is 5.91 Å². The lowest BCUT2D eigenvalue weighted by Gasteiger charge is -2.06. The molecule has 122 valence electrons. The predicted molar refractivity (Wildman–Crippen MR) is 93.0 cm³/mol. The van der Waals surface area contributed by atoms with E-state index in [1.165, 1.54) is 0 Å². The Morgan fingerprint density at radius 1 is 1.21 bits per heavy atom. The topological polar surface area (TPSA) is 64.2 Å². The summed E-state index contributed by atoms with van der Waals surface area (Å²) in [5, 5.41) is 4.19. The van der Waals surface area contributed by atoms with Crippen LogP contribution in [-0.2, 0) is 18.3 Å². The molecule has 0 atom stereocenters. The molecule has 0 unspecified atom stereocenters. The van der Waals surface area contributed by atoms with E-state index in [1.807, 2.05) is 71.9 Å². The molecule has 1 aromatic carbocycles. The van der Waals surface area contributed by atoms with E-state index in [9.17, 15) is 4.79 Å². The molecule has 0 saturated heterocycles. The van der Waals surface area contributed by atoms with Gasteiger partial charge in [-0.15, -0.1) is 0 Å². The van der Waals surface area contributed by atoms with Gasteiger partial charge in [0.05, 0.1) is 18.5 Å². The van der Waals surface area contributed by atoms with Gasteiger partial charge in [-0.3, -0.25) is 4.79 Å². The van der Waals surface area contributed by atoms with Gasteiger partial charge in [0.1, 0.15) is 0 Å². The van der Waals surface area contributed by atoms with Gasteiger partial charge in [-0.05, 0) is 36.8 Å². The van der Waals surface area contributed by atoms with Crippen LogP contribution in [0.5, 0.6) is 0 Å². The van der Waals surface area contributed by atoms with Crippen LogP contribution in [-0.4, -0.2) is 25.7 Å². The van der Waals surface area contributed by atoms with Crippen molar-refractivity contribution in [1.82, 2.24) is 19.5 Å². The second-order valence-electron chi connectivity index (χ2n) is 5.54. The van der Waals surface area contributed by atoms with Crippen molar-refractivity contribution in [1.29, 1.82) is 0 Å². The van der Waals surface area contributed by atoms with Gasteiger partial charge in [-0.1, -0.05) is 12.1 Å². The van der Waals surface area contributed by atoms with E-state index < -0.39 is 0 Å². The molecule has 0 spiro atoms. The fraction of sp³-hybridized carbons (Fsp3) is 0.167. The largest absolute Gasteiger partial charge is 0.354 e. The molecule has 0 aliphatic rings. The van der Waals surface area contributed by atoms with Gasteiger partial charge in [0.15, 0.2) is 0 Å². The zero-order valence-electron chi connectivity index (χ0n) is 13.7. The van der Waals surface area contributed by atoms with Crippen LogP contribution in [0, 0.1) is 0 Å². The van der Waals surface area contributed by atoms with Crippen LogP contribution in [0.3, 0.4) is 0 Å². The number of nitrogens with zero attached hydrogens (tertiary/aromatic N) is 4. The zero-order chi connectivity index (χ0) is 16.9. The molecule has 1 N–H and O–H groups in total. The van der Waals surface area contributed by atoms with Crippen molar-refractivity contribution in [2.75, 3.05) is 0 Å². The van der Waals surface area contributed by atoms with E-state index >= 15 is 0 Å². The van der Waals surface area contributed by atoms with Gasteiger partial charge in [-0.25, -0.2) is 10.4 Å². The maximum atomic E-state index is 12.0. The van der Waals surface area contributed by atoms with E-state index in [0.717, 1.165) is 22.7 Å². The molecule has 3 rings (SSSR count). The predicted octanol–water partition coefficient (Wildman–Crippen LogP) is 2.29. The lowest BCUT2D eigenvalue weighted by Crippen LogP contribution is -2.22. The van der Waals surface area contributed by atoms with Crippen molar-refractivity contribution in [3.63, 3.8) is 0 Å². The monoisotopic (exact) mass is 321 g/mol. The van der Waals surface area contributed by atoms with E-state index in [4.69, 9.17) is 0 Å². The summed E-state index contributed by atoms with van der Waals surface area (Å²) in [5.41, 5.74) is 6.30. The van der Waals surface area contributed by atoms with E-state index in [2.05, 4.69) is 15.5 Å². The van der Waals surface area contributed by atoms with Crippen molar-refractivity contribution < 1.29 is 4.79 Å². The molecule has 6 nitrogen and oxygen atoms in total. The first-order chi connectivity index (χ1) is 11.6. The van der Waals surface area contributed by atoms with Crippen molar-refractivity contribution in [2.24, 2.45) is 12.1 Å². The van der Waals surface area contributed by atoms with Crippen molar-refractivity contribution in [3.8, 4) is 5.69 Å². The van der Waals surface area contributed by atoms with Crippen LogP contribution >= 0.6 is 0 Å². The molecular weight excluding hydrogens is 302 g/mol. The van der Waals surface area contributed by atoms with Crippen molar-refractivity contribution in [3.05, 3.63) is 72.6 Å². The number of carbonyl (C=O) groups excluding carboxylic acids is 1. The molecule has 1 amide bonds. The van der Waals surface area contributed by atoms with Crippen LogP contribution < -0.4 is 5.43 Å². The molecule has 0 aliphatic carbocycles. The maximum absolute atomic E-state index is 12.0. The lowest BCUT2D eigenvalue weighted by molar-refractivity contribution is -0.120. The molecule has 0 aliphatic heterocycles. The van der Waals surface area contributed by atoms with Gasteiger partial charge in [-0.2, -0.15) is 5.10 Å². The molecular formula is C18H19N5O. The molecule has 2 aromatic heterocycles. The Kier molecular flexibility index (Phi) is 4.56. The number of rotatable bonds is 5. The quantitative estimate of drug-likeness (QED) is 0.579. The van der Waals surface area contributed by atoms with Crippen LogP contribution in [0.2, 0.25) is 0 Å². The molecule has 2 heterocycles. The second-order valence-corrected chi connectivity index (χ2v) is 5.54. The average molecular weight is 321 g/mol. The molecule has 0 fully saturated rings. The minimum absolute atomic E-state index is 0.133. The standard InChI is InChI=1S/C18H19N5O/c1-14(20-21-18(24)12-17-4-3-10-22(17)2)15-5-7-16(8-6-15)23-11-9-19-13-23/h3-11,13H,12H2,1-2H3,(H,21,24)/b20-14-. The van der Waals surface area contributed by atoms with Crippen LogP contribution in [0.25, 0.3) is 5.69 Å². The molecule has 0 bridgehead atoms. The summed E-state index contributed by atoms with van der Waals surface area (Å²) in [6, 6.07) is 11.8. The number of nitrogens with one attached hydrogen (secondary N) is 1. The first-order valence-corrected chi connectivity index (χ1v) is 7.65. The molecule has 24 heavy (non-hydrogen) atoms. The highest BCUT2D eigenvalue weighted by atomic mass is 16.2. The lowest BCUT2D eigenvalue weighted by atomic mass is 10.1. The van der Waals surface area contributed by atoms with Crippen LogP contribution in [0.15, 0.2) is 66.4 Å². The molecule has 0 saturated carbocycles. The SMILES string of the molecule is C/C(=N/NC(=O)Cc1cccn1C)c1ccc(-n2ccnc2)cc1. The number of benzene rings is 1. The third-order valence-corrected chi connectivity index (χ3v) is 3.83. The minimum atomic E-state index is -0.133. The highest BCUT2D eigenvalue weighted by Crippen LogP contribution is 2.10. The third-order valence-electron chi connectivity index (χ3n) is 3.83. The maximum Gasteiger partial charge on any atom is 0.246 e.